The van der Waals surface area contributed by atoms with Crippen molar-refractivity contribution in [1.82, 2.24) is 9.97 Å². The Balaban J connectivity index is 2.23. The fourth-order valence-corrected chi connectivity index (χ4v) is 1.44. The first kappa shape index (κ1) is 11.2. The van der Waals surface area contributed by atoms with Gasteiger partial charge in [0.15, 0.2) is 5.82 Å². The van der Waals surface area contributed by atoms with E-state index in [2.05, 4.69) is 9.97 Å². The monoisotopic (exact) mass is 230 g/mol. The third kappa shape index (κ3) is 2.44. The Morgan fingerprint density at radius 1 is 1.12 bits per heavy atom. The summed E-state index contributed by atoms with van der Waals surface area (Å²) in [4.78, 5) is 10.1. The predicted molar refractivity (Wildman–Crippen MR) is 67.5 cm³/mol. The summed E-state index contributed by atoms with van der Waals surface area (Å²) in [6, 6.07) is 7.71. The van der Waals surface area contributed by atoms with Gasteiger partial charge in [0.1, 0.15) is 11.6 Å². The lowest BCUT2D eigenvalue weighted by Crippen LogP contribution is -2.11. The molecule has 0 unspecified atom stereocenters. The van der Waals surface area contributed by atoms with Gasteiger partial charge in [-0.05, 0) is 24.3 Å². The maximum absolute atomic E-state index is 5.49. The Morgan fingerprint density at radius 2 is 1.82 bits per heavy atom. The van der Waals surface area contributed by atoms with Crippen LogP contribution in [-0.2, 0) is 0 Å². The molecule has 2 rings (SSSR count). The van der Waals surface area contributed by atoms with Crippen LogP contribution in [0.15, 0.2) is 36.7 Å². The molecule has 88 valence electrons. The molecule has 0 aliphatic carbocycles. The largest absolute Gasteiger partial charge is 0.497 e. The van der Waals surface area contributed by atoms with Crippen molar-refractivity contribution in [3.05, 3.63) is 36.7 Å². The highest BCUT2D eigenvalue weighted by atomic mass is 16.5. The second-order valence-electron chi connectivity index (χ2n) is 3.56. The molecule has 0 aliphatic rings. The molecule has 2 N–H and O–H groups in total. The van der Waals surface area contributed by atoms with Crippen molar-refractivity contribution in [3.63, 3.8) is 0 Å². The van der Waals surface area contributed by atoms with E-state index in [9.17, 15) is 0 Å². The normalized spacial score (nSPS) is 10.0. The maximum atomic E-state index is 5.49. The van der Waals surface area contributed by atoms with Crippen LogP contribution in [0.5, 0.6) is 5.75 Å². The Bertz CT molecular complexity index is 481. The van der Waals surface area contributed by atoms with Crippen molar-refractivity contribution in [2.24, 2.45) is 0 Å². The highest BCUT2D eigenvalue weighted by molar-refractivity contribution is 5.59. The number of nitrogens with zero attached hydrogens (tertiary/aromatic N) is 3. The molecule has 0 amide bonds. The number of aromatic nitrogens is 2. The summed E-state index contributed by atoms with van der Waals surface area (Å²) >= 11 is 0. The molecule has 1 aromatic carbocycles. The molecule has 2 aromatic rings. The predicted octanol–water partition coefficient (Wildman–Crippen LogP) is 1.84. The lowest BCUT2D eigenvalue weighted by molar-refractivity contribution is 0.415. The summed E-state index contributed by atoms with van der Waals surface area (Å²) in [6.45, 7) is 0. The first-order valence-electron chi connectivity index (χ1n) is 5.16. The van der Waals surface area contributed by atoms with Gasteiger partial charge in [0.2, 0.25) is 0 Å². The van der Waals surface area contributed by atoms with Gasteiger partial charge in [-0.2, -0.15) is 0 Å². The van der Waals surface area contributed by atoms with E-state index in [0.717, 1.165) is 17.3 Å². The fraction of sp³-hybridized carbons (Fsp3) is 0.167. The average Bonchev–Trinajstić information content (AvgIpc) is 2.39. The molecule has 0 atom stereocenters. The van der Waals surface area contributed by atoms with Gasteiger partial charge in [-0.25, -0.2) is 9.97 Å². The molecular weight excluding hydrogens is 216 g/mol. The van der Waals surface area contributed by atoms with E-state index >= 15 is 0 Å². The van der Waals surface area contributed by atoms with Gasteiger partial charge in [0.25, 0.3) is 0 Å². The van der Waals surface area contributed by atoms with E-state index < -0.39 is 0 Å². The number of hydrogen-bond acceptors (Lipinski definition) is 5. The molecule has 5 heteroatoms. The van der Waals surface area contributed by atoms with Crippen molar-refractivity contribution in [2.45, 2.75) is 0 Å². The molecule has 0 aliphatic heterocycles. The number of ether oxygens (including phenoxy) is 1. The molecule has 5 nitrogen and oxygen atoms in total. The number of methoxy groups -OCH3 is 1. The van der Waals surface area contributed by atoms with Crippen LogP contribution in [0.3, 0.4) is 0 Å². The third-order valence-electron chi connectivity index (χ3n) is 2.46. The molecule has 0 saturated heterocycles. The van der Waals surface area contributed by atoms with Crippen LogP contribution >= 0.6 is 0 Å². The fourth-order valence-electron chi connectivity index (χ4n) is 1.44. The minimum Gasteiger partial charge on any atom is -0.497 e. The highest BCUT2D eigenvalue weighted by Crippen LogP contribution is 2.23. The number of hydrogen-bond donors (Lipinski definition) is 1. The van der Waals surface area contributed by atoms with Crippen molar-refractivity contribution in [3.8, 4) is 5.75 Å². The van der Waals surface area contributed by atoms with E-state index in [1.54, 1.807) is 13.3 Å². The average molecular weight is 230 g/mol. The summed E-state index contributed by atoms with van der Waals surface area (Å²) < 4.78 is 5.11. The number of rotatable bonds is 3. The van der Waals surface area contributed by atoms with Gasteiger partial charge in [0, 0.05) is 12.7 Å². The van der Waals surface area contributed by atoms with Crippen molar-refractivity contribution >= 4 is 17.3 Å². The van der Waals surface area contributed by atoms with Crippen LogP contribution in [0, 0.1) is 0 Å². The lowest BCUT2D eigenvalue weighted by Gasteiger charge is -2.17. The first-order chi connectivity index (χ1) is 8.20. The molecule has 0 saturated carbocycles. The molecule has 17 heavy (non-hydrogen) atoms. The third-order valence-corrected chi connectivity index (χ3v) is 2.46. The van der Waals surface area contributed by atoms with E-state index in [1.165, 1.54) is 6.20 Å². The smallest absolute Gasteiger partial charge is 0.151 e. The zero-order valence-corrected chi connectivity index (χ0v) is 9.79. The lowest BCUT2D eigenvalue weighted by atomic mass is 10.3. The van der Waals surface area contributed by atoms with Crippen LogP contribution in [-0.4, -0.2) is 24.1 Å². The number of nitrogen functional groups attached to an aromatic ring is 1. The standard InChI is InChI=1S/C12H14N4O/c1-16(12-8-14-11(13)7-15-12)9-3-5-10(17-2)6-4-9/h3-8H,1-2H3,(H2,13,14). The number of anilines is 3. The maximum Gasteiger partial charge on any atom is 0.151 e. The Labute approximate surface area is 99.9 Å². The Morgan fingerprint density at radius 3 is 2.35 bits per heavy atom. The quantitative estimate of drug-likeness (QED) is 0.871. The van der Waals surface area contributed by atoms with E-state index in [0.29, 0.717) is 5.82 Å². The van der Waals surface area contributed by atoms with Gasteiger partial charge >= 0.3 is 0 Å². The van der Waals surface area contributed by atoms with Gasteiger partial charge in [0.05, 0.1) is 19.5 Å². The summed E-state index contributed by atoms with van der Waals surface area (Å²) in [5.74, 6) is 1.98. The Hall–Kier alpha value is -2.30. The molecule has 0 fully saturated rings. The van der Waals surface area contributed by atoms with Crippen LogP contribution in [0.4, 0.5) is 17.3 Å². The summed E-state index contributed by atoms with van der Waals surface area (Å²) in [5, 5.41) is 0. The summed E-state index contributed by atoms with van der Waals surface area (Å²) in [5.41, 5.74) is 6.50. The van der Waals surface area contributed by atoms with E-state index in [4.69, 9.17) is 10.5 Å². The van der Waals surface area contributed by atoms with Crippen LogP contribution in [0.1, 0.15) is 0 Å². The van der Waals surface area contributed by atoms with Crippen molar-refractivity contribution in [2.75, 3.05) is 24.8 Å². The van der Waals surface area contributed by atoms with Crippen molar-refractivity contribution in [1.29, 1.82) is 0 Å². The zero-order valence-electron chi connectivity index (χ0n) is 9.79. The number of benzene rings is 1. The topological polar surface area (TPSA) is 64.3 Å². The van der Waals surface area contributed by atoms with E-state index in [1.807, 2.05) is 36.2 Å². The molecule has 1 aromatic heterocycles. The summed E-state index contributed by atoms with van der Waals surface area (Å²) in [6.07, 6.45) is 3.18. The SMILES string of the molecule is COc1ccc(N(C)c2cnc(N)cn2)cc1. The minimum absolute atomic E-state index is 0.414. The van der Waals surface area contributed by atoms with Gasteiger partial charge in [-0.1, -0.05) is 0 Å². The molecule has 0 spiro atoms. The van der Waals surface area contributed by atoms with Crippen LogP contribution in [0.25, 0.3) is 0 Å². The zero-order chi connectivity index (χ0) is 12.3. The van der Waals surface area contributed by atoms with Gasteiger partial charge < -0.3 is 15.4 Å². The summed E-state index contributed by atoms with van der Waals surface area (Å²) in [7, 11) is 3.56. The van der Waals surface area contributed by atoms with Crippen LogP contribution < -0.4 is 15.4 Å². The molecule has 0 radical (unpaired) electrons. The van der Waals surface area contributed by atoms with Crippen LogP contribution in [0.2, 0.25) is 0 Å². The molecule has 1 heterocycles. The second-order valence-corrected chi connectivity index (χ2v) is 3.56. The van der Waals surface area contributed by atoms with Gasteiger partial charge in [-0.15, -0.1) is 0 Å². The Kier molecular flexibility index (Phi) is 3.09. The highest BCUT2D eigenvalue weighted by Gasteiger charge is 2.05. The minimum atomic E-state index is 0.414. The second kappa shape index (κ2) is 4.69. The number of nitrogens with two attached hydrogens (primary N) is 1. The van der Waals surface area contributed by atoms with Gasteiger partial charge in [-0.3, -0.25) is 0 Å². The van der Waals surface area contributed by atoms with Crippen molar-refractivity contribution < 1.29 is 4.74 Å². The van der Waals surface area contributed by atoms with E-state index in [-0.39, 0.29) is 0 Å². The first-order valence-corrected chi connectivity index (χ1v) is 5.16. The molecule has 0 bridgehead atoms. The molecular formula is C12H14N4O.